The summed E-state index contributed by atoms with van der Waals surface area (Å²) in [5.41, 5.74) is 8.46. The molecule has 1 saturated carbocycles. The van der Waals surface area contributed by atoms with E-state index >= 15 is 0 Å². The standard InChI is InChI=1S/C38H52O4.C4H8O/c1-4-5-6-7-31-16-19-37-24-36(21-20-35(37)23-31)34-17-14-30(15-18-34)9-8-29-10-12-32(13-11-29)22-33(25-41-27-39)26-42-38(40)28(2)3;1-4(2)3-5/h14-15,17-18,20-21,24,27,29,31-33H,2,4-13,16,19,22-23,25-26H2,1,3H3;5H,1,3H2,2H3. The van der Waals surface area contributed by atoms with E-state index in [0.717, 1.165) is 30.3 Å². The van der Waals surface area contributed by atoms with Gasteiger partial charge in [0.2, 0.25) is 0 Å². The van der Waals surface area contributed by atoms with Gasteiger partial charge in [-0.25, -0.2) is 4.79 Å². The van der Waals surface area contributed by atoms with E-state index in [4.69, 9.17) is 14.6 Å². The van der Waals surface area contributed by atoms with E-state index in [-0.39, 0.29) is 25.1 Å². The molecule has 0 aromatic heterocycles. The Morgan fingerprint density at radius 3 is 2.21 bits per heavy atom. The summed E-state index contributed by atoms with van der Waals surface area (Å²) >= 11 is 0. The Hall–Kier alpha value is -3.18. The van der Waals surface area contributed by atoms with Gasteiger partial charge < -0.3 is 14.6 Å². The minimum absolute atomic E-state index is 0.0427. The van der Waals surface area contributed by atoms with Crippen LogP contribution in [-0.2, 0) is 38.3 Å². The number of esters is 1. The van der Waals surface area contributed by atoms with Crippen LogP contribution in [0.15, 0.2) is 66.8 Å². The van der Waals surface area contributed by atoms with E-state index in [1.807, 2.05) is 0 Å². The molecule has 1 fully saturated rings. The number of hydrogen-bond acceptors (Lipinski definition) is 5. The van der Waals surface area contributed by atoms with E-state index in [0.29, 0.717) is 24.6 Å². The molecule has 2 aromatic rings. The Morgan fingerprint density at radius 1 is 0.894 bits per heavy atom. The van der Waals surface area contributed by atoms with Gasteiger partial charge in [-0.2, -0.15) is 0 Å². The number of carbonyl (C=O) groups excluding carboxylic acids is 2. The molecule has 5 nitrogen and oxygen atoms in total. The molecule has 2 atom stereocenters. The van der Waals surface area contributed by atoms with Crippen LogP contribution in [0.25, 0.3) is 11.1 Å². The minimum Gasteiger partial charge on any atom is -0.467 e. The summed E-state index contributed by atoms with van der Waals surface area (Å²) in [6.45, 7) is 13.9. The maximum atomic E-state index is 11.8. The molecule has 2 aliphatic rings. The second kappa shape index (κ2) is 20.9. The first-order chi connectivity index (χ1) is 22.7. The average molecular weight is 645 g/mol. The topological polar surface area (TPSA) is 72.8 Å². The second-order valence-electron chi connectivity index (χ2n) is 14.2. The third kappa shape index (κ3) is 13.8. The Bertz CT molecular complexity index is 1250. The van der Waals surface area contributed by atoms with Crippen molar-refractivity contribution in [3.63, 3.8) is 0 Å². The van der Waals surface area contributed by atoms with E-state index < -0.39 is 0 Å². The zero-order chi connectivity index (χ0) is 34.0. The molecule has 0 heterocycles. The van der Waals surface area contributed by atoms with Gasteiger partial charge in [0, 0.05) is 11.5 Å². The van der Waals surface area contributed by atoms with Crippen molar-refractivity contribution < 1.29 is 24.2 Å². The molecule has 0 spiro atoms. The molecule has 0 amide bonds. The zero-order valence-electron chi connectivity index (χ0n) is 29.4. The third-order valence-corrected chi connectivity index (χ3v) is 9.98. The van der Waals surface area contributed by atoms with Crippen molar-refractivity contribution in [2.45, 2.75) is 111 Å². The van der Waals surface area contributed by atoms with Crippen LogP contribution in [0.3, 0.4) is 0 Å². The first-order valence-electron chi connectivity index (χ1n) is 18.1. The molecule has 258 valence electrons. The van der Waals surface area contributed by atoms with E-state index in [1.165, 1.54) is 93.7 Å². The number of aliphatic hydroxyl groups excluding tert-OH is 1. The fourth-order valence-electron chi connectivity index (χ4n) is 7.08. The summed E-state index contributed by atoms with van der Waals surface area (Å²) in [6, 6.07) is 16.5. The number of aliphatic hydroxyl groups is 1. The monoisotopic (exact) mass is 644 g/mol. The molecule has 2 aromatic carbocycles. The van der Waals surface area contributed by atoms with Crippen molar-refractivity contribution >= 4 is 12.4 Å². The zero-order valence-corrected chi connectivity index (χ0v) is 29.4. The number of fused-ring (bicyclic) bond motifs is 1. The van der Waals surface area contributed by atoms with Crippen molar-refractivity contribution in [3.8, 4) is 11.1 Å². The number of benzene rings is 2. The highest BCUT2D eigenvalue weighted by atomic mass is 16.5. The molecule has 0 aliphatic heterocycles. The summed E-state index contributed by atoms with van der Waals surface area (Å²) in [7, 11) is 0. The van der Waals surface area contributed by atoms with Gasteiger partial charge in [0.1, 0.15) is 0 Å². The molecule has 47 heavy (non-hydrogen) atoms. The van der Waals surface area contributed by atoms with Gasteiger partial charge in [-0.1, -0.05) is 119 Å². The van der Waals surface area contributed by atoms with Crippen LogP contribution in [-0.4, -0.2) is 37.4 Å². The maximum Gasteiger partial charge on any atom is 0.333 e. The van der Waals surface area contributed by atoms with Crippen LogP contribution < -0.4 is 0 Å². The highest BCUT2D eigenvalue weighted by Gasteiger charge is 2.25. The Morgan fingerprint density at radius 2 is 1.57 bits per heavy atom. The Balaban J connectivity index is 0.00000111. The molecule has 1 N–H and O–H groups in total. The number of ether oxygens (including phenoxy) is 2. The smallest absolute Gasteiger partial charge is 0.333 e. The van der Waals surface area contributed by atoms with Crippen molar-refractivity contribution in [2.75, 3.05) is 19.8 Å². The fraction of sp³-hybridized carbons (Fsp3) is 0.571. The van der Waals surface area contributed by atoms with Gasteiger partial charge in [-0.3, -0.25) is 4.79 Å². The van der Waals surface area contributed by atoms with Crippen LogP contribution in [0.5, 0.6) is 0 Å². The van der Waals surface area contributed by atoms with Gasteiger partial charge in [-0.05, 0) is 97.9 Å². The van der Waals surface area contributed by atoms with E-state index in [2.05, 4.69) is 62.5 Å². The quantitative estimate of drug-likeness (QED) is 0.0610. The van der Waals surface area contributed by atoms with Crippen LogP contribution in [0.2, 0.25) is 0 Å². The number of carbonyl (C=O) groups is 2. The van der Waals surface area contributed by atoms with Crippen LogP contribution in [0, 0.1) is 23.7 Å². The molecule has 2 aliphatic carbocycles. The Kier molecular flexibility index (Phi) is 17.0. The first kappa shape index (κ1) is 38.3. The summed E-state index contributed by atoms with van der Waals surface area (Å²) < 4.78 is 10.4. The van der Waals surface area contributed by atoms with E-state index in [1.54, 1.807) is 25.0 Å². The maximum absolute atomic E-state index is 11.8. The molecule has 4 rings (SSSR count). The Labute approximate surface area is 284 Å². The highest BCUT2D eigenvalue weighted by molar-refractivity contribution is 5.86. The number of rotatable bonds is 17. The van der Waals surface area contributed by atoms with Gasteiger partial charge in [0.25, 0.3) is 6.47 Å². The van der Waals surface area contributed by atoms with Gasteiger partial charge in [0.05, 0.1) is 19.8 Å². The molecule has 0 bridgehead atoms. The largest absolute Gasteiger partial charge is 0.467 e. The first-order valence-corrected chi connectivity index (χ1v) is 18.1. The lowest BCUT2D eigenvalue weighted by atomic mass is 9.76. The molecular weight excluding hydrogens is 584 g/mol. The summed E-state index contributed by atoms with van der Waals surface area (Å²) in [6.07, 6.45) is 17.5. The number of aryl methyl sites for hydroxylation is 2. The third-order valence-electron chi connectivity index (χ3n) is 9.98. The van der Waals surface area contributed by atoms with Crippen molar-refractivity contribution in [3.05, 3.63) is 83.5 Å². The summed E-state index contributed by atoms with van der Waals surface area (Å²) in [5.74, 6) is 1.89. The van der Waals surface area contributed by atoms with Gasteiger partial charge in [0.15, 0.2) is 0 Å². The van der Waals surface area contributed by atoms with Crippen LogP contribution >= 0.6 is 0 Å². The van der Waals surface area contributed by atoms with Crippen LogP contribution in [0.1, 0.15) is 108 Å². The van der Waals surface area contributed by atoms with Gasteiger partial charge >= 0.3 is 5.97 Å². The van der Waals surface area contributed by atoms with Gasteiger partial charge in [-0.15, -0.1) is 0 Å². The average Bonchev–Trinajstić information content (AvgIpc) is 3.09. The molecule has 2 unspecified atom stereocenters. The lowest BCUT2D eigenvalue weighted by Crippen LogP contribution is -2.24. The number of unbranched alkanes of at least 4 members (excludes halogenated alkanes) is 2. The predicted octanol–water partition coefficient (Wildman–Crippen LogP) is 9.63. The molecular formula is C42H60O5. The summed E-state index contributed by atoms with van der Waals surface area (Å²) in [5, 5.41) is 8.04. The minimum atomic E-state index is -0.378. The SMILES string of the molecule is C=C(C)C(=O)OCC(COC=O)CC1CCC(CCc2ccc(-c3ccc4c(c3)CCC(CCCCC)C4)cc2)CC1.C=C(C)CO. The number of hydrogen-bond donors (Lipinski definition) is 1. The highest BCUT2D eigenvalue weighted by Crippen LogP contribution is 2.36. The van der Waals surface area contributed by atoms with Crippen molar-refractivity contribution in [1.29, 1.82) is 0 Å². The molecule has 0 saturated heterocycles. The lowest BCUT2D eigenvalue weighted by Gasteiger charge is -2.30. The predicted molar refractivity (Wildman–Crippen MR) is 193 cm³/mol. The second-order valence-corrected chi connectivity index (χ2v) is 14.2. The molecule has 5 heteroatoms. The van der Waals surface area contributed by atoms with Crippen molar-refractivity contribution in [2.24, 2.45) is 23.7 Å². The normalized spacial score (nSPS) is 19.4. The fourth-order valence-corrected chi connectivity index (χ4v) is 7.08. The lowest BCUT2D eigenvalue weighted by molar-refractivity contribution is -0.141. The molecule has 0 radical (unpaired) electrons. The van der Waals surface area contributed by atoms with Crippen LogP contribution in [0.4, 0.5) is 0 Å². The summed E-state index contributed by atoms with van der Waals surface area (Å²) in [4.78, 5) is 22.5. The van der Waals surface area contributed by atoms with Crippen molar-refractivity contribution in [1.82, 2.24) is 0 Å². The van der Waals surface area contributed by atoms with E-state index in [9.17, 15) is 9.59 Å².